The smallest absolute Gasteiger partial charge is 0.244 e. The maximum absolute atomic E-state index is 12.7. The highest BCUT2D eigenvalue weighted by molar-refractivity contribution is 7.89. The number of aromatic nitrogens is 1. The first-order valence-electron chi connectivity index (χ1n) is 9.34. The van der Waals surface area contributed by atoms with Crippen molar-refractivity contribution in [2.45, 2.75) is 24.3 Å². The summed E-state index contributed by atoms with van der Waals surface area (Å²) >= 11 is 0. The van der Waals surface area contributed by atoms with Crippen molar-refractivity contribution in [1.29, 1.82) is 0 Å². The van der Waals surface area contributed by atoms with E-state index in [-0.39, 0.29) is 16.7 Å². The van der Waals surface area contributed by atoms with Gasteiger partial charge in [-0.25, -0.2) is 8.42 Å². The molecule has 29 heavy (non-hydrogen) atoms. The molecule has 2 heterocycles. The molecule has 2 aromatic rings. The fourth-order valence-electron chi connectivity index (χ4n) is 3.33. The number of pyridine rings is 1. The van der Waals surface area contributed by atoms with Gasteiger partial charge in [0.2, 0.25) is 15.9 Å². The summed E-state index contributed by atoms with van der Waals surface area (Å²) in [4.78, 5) is 16.6. The van der Waals surface area contributed by atoms with Crippen LogP contribution in [-0.2, 0) is 21.4 Å². The zero-order valence-corrected chi connectivity index (χ0v) is 17.3. The van der Waals surface area contributed by atoms with Crippen molar-refractivity contribution in [3.8, 4) is 11.5 Å². The monoisotopic (exact) mass is 419 g/mol. The zero-order chi connectivity index (χ0) is 20.9. The molecule has 1 aromatic heterocycles. The molecule has 0 aliphatic carbocycles. The summed E-state index contributed by atoms with van der Waals surface area (Å²) in [6, 6.07) is 8.61. The Kier molecular flexibility index (Phi) is 6.71. The topological polar surface area (TPSA) is 97.8 Å². The molecule has 8 nitrogen and oxygen atoms in total. The number of hydrogen-bond donors (Lipinski definition) is 1. The molecule has 1 fully saturated rings. The van der Waals surface area contributed by atoms with Crippen LogP contribution in [0.1, 0.15) is 18.4 Å². The normalized spacial score (nSPS) is 15.7. The molecule has 1 amide bonds. The molecule has 9 heteroatoms. The summed E-state index contributed by atoms with van der Waals surface area (Å²) in [5, 5.41) is 2.93. The summed E-state index contributed by atoms with van der Waals surface area (Å²) < 4.78 is 37.2. The summed E-state index contributed by atoms with van der Waals surface area (Å²) in [7, 11) is -0.435. The van der Waals surface area contributed by atoms with Crippen molar-refractivity contribution in [3.63, 3.8) is 0 Å². The number of carbonyl (C=O) groups is 1. The maximum Gasteiger partial charge on any atom is 0.244 e. The first-order valence-corrected chi connectivity index (χ1v) is 10.8. The van der Waals surface area contributed by atoms with E-state index in [1.807, 2.05) is 12.1 Å². The third-order valence-electron chi connectivity index (χ3n) is 5.01. The molecule has 0 spiro atoms. The SMILES string of the molecule is COc1ccc(CNC(=O)C2CCN(S(=O)(=O)c3cccnc3)CC2)cc1OC. The minimum Gasteiger partial charge on any atom is -0.493 e. The van der Waals surface area contributed by atoms with Gasteiger partial charge in [0.1, 0.15) is 4.90 Å². The highest BCUT2D eigenvalue weighted by atomic mass is 32.2. The van der Waals surface area contributed by atoms with Gasteiger partial charge >= 0.3 is 0 Å². The number of methoxy groups -OCH3 is 2. The zero-order valence-electron chi connectivity index (χ0n) is 16.5. The third kappa shape index (κ3) is 4.86. The number of nitrogens with one attached hydrogen (secondary N) is 1. The Morgan fingerprint density at radius 1 is 1.17 bits per heavy atom. The van der Waals surface area contributed by atoms with Gasteiger partial charge in [-0.15, -0.1) is 0 Å². The molecule has 1 aliphatic heterocycles. The second-order valence-electron chi connectivity index (χ2n) is 6.77. The van der Waals surface area contributed by atoms with E-state index in [2.05, 4.69) is 10.3 Å². The fourth-order valence-corrected chi connectivity index (χ4v) is 4.77. The quantitative estimate of drug-likeness (QED) is 0.735. The first kappa shape index (κ1) is 21.1. The first-order chi connectivity index (χ1) is 14.0. The van der Waals surface area contributed by atoms with Crippen LogP contribution in [0.15, 0.2) is 47.6 Å². The number of amides is 1. The molecule has 1 aliphatic rings. The Labute approximate surface area is 170 Å². The van der Waals surface area contributed by atoms with Crippen molar-refractivity contribution in [2.24, 2.45) is 5.92 Å². The number of hydrogen-bond acceptors (Lipinski definition) is 6. The van der Waals surface area contributed by atoms with Crippen molar-refractivity contribution >= 4 is 15.9 Å². The van der Waals surface area contributed by atoms with E-state index >= 15 is 0 Å². The molecule has 156 valence electrons. The molecule has 0 saturated carbocycles. The van der Waals surface area contributed by atoms with Crippen LogP contribution in [0.4, 0.5) is 0 Å². The van der Waals surface area contributed by atoms with Crippen molar-refractivity contribution < 1.29 is 22.7 Å². The van der Waals surface area contributed by atoms with E-state index in [1.165, 1.54) is 22.8 Å². The molecule has 0 radical (unpaired) electrons. The van der Waals surface area contributed by atoms with Crippen molar-refractivity contribution in [3.05, 3.63) is 48.3 Å². The average molecular weight is 420 g/mol. The molecular formula is C20H25N3O5S. The molecule has 0 atom stereocenters. The van der Waals surface area contributed by atoms with E-state index in [1.54, 1.807) is 26.4 Å². The van der Waals surface area contributed by atoms with Crippen LogP contribution in [0.3, 0.4) is 0 Å². The highest BCUT2D eigenvalue weighted by Gasteiger charge is 2.32. The van der Waals surface area contributed by atoms with E-state index < -0.39 is 10.0 Å². The van der Waals surface area contributed by atoms with Crippen LogP contribution >= 0.6 is 0 Å². The lowest BCUT2D eigenvalue weighted by Gasteiger charge is -2.30. The predicted molar refractivity (Wildman–Crippen MR) is 107 cm³/mol. The summed E-state index contributed by atoms with van der Waals surface area (Å²) in [5.41, 5.74) is 0.896. The number of rotatable bonds is 7. The van der Waals surface area contributed by atoms with Gasteiger partial charge in [0.05, 0.1) is 14.2 Å². The number of ether oxygens (including phenoxy) is 2. The molecule has 0 bridgehead atoms. The van der Waals surface area contributed by atoms with Crippen LogP contribution in [0, 0.1) is 5.92 Å². The number of benzene rings is 1. The Hall–Kier alpha value is -2.65. The summed E-state index contributed by atoms with van der Waals surface area (Å²) in [6.45, 7) is 0.991. The van der Waals surface area contributed by atoms with Crippen LogP contribution in [0.2, 0.25) is 0 Å². The minimum absolute atomic E-state index is 0.0711. The van der Waals surface area contributed by atoms with Gasteiger partial charge in [0.25, 0.3) is 0 Å². The Balaban J connectivity index is 1.54. The van der Waals surface area contributed by atoms with Crippen LogP contribution < -0.4 is 14.8 Å². The molecule has 1 aromatic carbocycles. The number of piperidine rings is 1. The van der Waals surface area contributed by atoms with Crippen molar-refractivity contribution in [2.75, 3.05) is 27.3 Å². The maximum atomic E-state index is 12.7. The Morgan fingerprint density at radius 3 is 2.52 bits per heavy atom. The molecule has 0 unspecified atom stereocenters. The Morgan fingerprint density at radius 2 is 1.90 bits per heavy atom. The Bertz CT molecular complexity index is 942. The van der Waals surface area contributed by atoms with Gasteiger partial charge in [0, 0.05) is 37.9 Å². The van der Waals surface area contributed by atoms with E-state index in [9.17, 15) is 13.2 Å². The lowest BCUT2D eigenvalue weighted by molar-refractivity contribution is -0.126. The largest absolute Gasteiger partial charge is 0.493 e. The second kappa shape index (κ2) is 9.23. The summed E-state index contributed by atoms with van der Waals surface area (Å²) in [5.74, 6) is 0.951. The number of sulfonamides is 1. The van der Waals surface area contributed by atoms with Gasteiger partial charge in [-0.3, -0.25) is 9.78 Å². The standard InChI is InChI=1S/C20H25N3O5S/c1-27-18-6-5-15(12-19(18)28-2)13-22-20(24)16-7-10-23(11-8-16)29(25,26)17-4-3-9-21-14-17/h3-6,9,12,14,16H,7-8,10-11,13H2,1-2H3,(H,22,24). The van der Waals surface area contributed by atoms with Gasteiger partial charge in [-0.2, -0.15) is 4.31 Å². The number of nitrogens with zero attached hydrogens (tertiary/aromatic N) is 2. The van der Waals surface area contributed by atoms with Crippen LogP contribution in [0.25, 0.3) is 0 Å². The lowest BCUT2D eigenvalue weighted by Crippen LogP contribution is -2.42. The molecule has 1 N–H and O–H groups in total. The molecule has 1 saturated heterocycles. The minimum atomic E-state index is -3.57. The highest BCUT2D eigenvalue weighted by Crippen LogP contribution is 2.28. The van der Waals surface area contributed by atoms with Crippen molar-refractivity contribution in [1.82, 2.24) is 14.6 Å². The van der Waals surface area contributed by atoms with E-state index in [0.29, 0.717) is 44.0 Å². The van der Waals surface area contributed by atoms with Gasteiger partial charge in [0.15, 0.2) is 11.5 Å². The lowest BCUT2D eigenvalue weighted by atomic mass is 9.97. The van der Waals surface area contributed by atoms with Gasteiger partial charge in [-0.1, -0.05) is 6.07 Å². The summed E-state index contributed by atoms with van der Waals surface area (Å²) in [6.07, 6.45) is 3.85. The van der Waals surface area contributed by atoms with Gasteiger partial charge < -0.3 is 14.8 Å². The van der Waals surface area contributed by atoms with E-state index in [0.717, 1.165) is 5.56 Å². The average Bonchev–Trinajstić information content (AvgIpc) is 2.77. The van der Waals surface area contributed by atoms with Crippen LogP contribution in [0.5, 0.6) is 11.5 Å². The number of carbonyl (C=O) groups excluding carboxylic acids is 1. The van der Waals surface area contributed by atoms with Gasteiger partial charge in [-0.05, 0) is 42.7 Å². The third-order valence-corrected chi connectivity index (χ3v) is 6.89. The molecular weight excluding hydrogens is 394 g/mol. The fraction of sp³-hybridized carbons (Fsp3) is 0.400. The van der Waals surface area contributed by atoms with Crippen LogP contribution in [-0.4, -0.2) is 50.9 Å². The predicted octanol–water partition coefficient (Wildman–Crippen LogP) is 1.82. The second-order valence-corrected chi connectivity index (χ2v) is 8.71. The van der Waals surface area contributed by atoms with E-state index in [4.69, 9.17) is 9.47 Å². The molecule has 3 rings (SSSR count).